The summed E-state index contributed by atoms with van der Waals surface area (Å²) in [4.78, 5) is 9.05. The molecule has 0 saturated carbocycles. The molecule has 0 bridgehead atoms. The summed E-state index contributed by atoms with van der Waals surface area (Å²) in [7, 11) is 1.77. The van der Waals surface area contributed by atoms with Crippen molar-refractivity contribution in [1.82, 2.24) is 0 Å². The van der Waals surface area contributed by atoms with Gasteiger partial charge in [-0.05, 0) is 44.7 Å². The fourth-order valence-electron chi connectivity index (χ4n) is 2.68. The first-order chi connectivity index (χ1) is 12.7. The van der Waals surface area contributed by atoms with Crippen LogP contribution in [0.25, 0.3) is 0 Å². The van der Waals surface area contributed by atoms with E-state index in [9.17, 15) is 0 Å². The standard InChI is InChI=1S/C22H35N3O/c1-5-7-8-16-25-21(6-2)20(13-15-23)22(24-4)26-17-14-19-11-9-18(3)10-12-19/h9-12,16H,5-8,13-15,17,23H2,1-4H3/b21-20-,24-22?,25-16?. The molecule has 4 heteroatoms. The van der Waals surface area contributed by atoms with Crippen molar-refractivity contribution in [2.24, 2.45) is 15.7 Å². The van der Waals surface area contributed by atoms with Crippen LogP contribution in [-0.2, 0) is 11.2 Å². The van der Waals surface area contributed by atoms with Gasteiger partial charge in [0.1, 0.15) is 0 Å². The van der Waals surface area contributed by atoms with E-state index in [1.165, 1.54) is 17.5 Å². The molecule has 2 N–H and O–H groups in total. The zero-order chi connectivity index (χ0) is 19.2. The number of benzene rings is 1. The molecule has 144 valence electrons. The van der Waals surface area contributed by atoms with Gasteiger partial charge in [-0.25, -0.2) is 0 Å². The van der Waals surface area contributed by atoms with Crippen molar-refractivity contribution in [2.45, 2.75) is 59.3 Å². The van der Waals surface area contributed by atoms with E-state index in [1.807, 2.05) is 6.21 Å². The molecule has 1 aromatic carbocycles. The predicted molar refractivity (Wildman–Crippen MR) is 113 cm³/mol. The lowest BCUT2D eigenvalue weighted by Crippen LogP contribution is -2.16. The van der Waals surface area contributed by atoms with Crippen LogP contribution >= 0.6 is 0 Å². The molecule has 0 radical (unpaired) electrons. The Kier molecular flexibility index (Phi) is 11.3. The van der Waals surface area contributed by atoms with Crippen LogP contribution in [0, 0.1) is 6.92 Å². The Balaban J connectivity index is 2.80. The molecule has 0 unspecified atom stereocenters. The summed E-state index contributed by atoms with van der Waals surface area (Å²) in [6, 6.07) is 8.55. The Morgan fingerprint density at radius 1 is 1.19 bits per heavy atom. The molecule has 4 nitrogen and oxygen atoms in total. The van der Waals surface area contributed by atoms with E-state index in [1.54, 1.807) is 7.05 Å². The topological polar surface area (TPSA) is 60.0 Å². The minimum absolute atomic E-state index is 0.559. The second-order valence-corrected chi connectivity index (χ2v) is 6.38. The highest BCUT2D eigenvalue weighted by Gasteiger charge is 2.13. The molecule has 26 heavy (non-hydrogen) atoms. The lowest BCUT2D eigenvalue weighted by Gasteiger charge is -2.14. The van der Waals surface area contributed by atoms with Gasteiger partial charge in [0.2, 0.25) is 5.90 Å². The van der Waals surface area contributed by atoms with Crippen LogP contribution in [0.1, 0.15) is 57.1 Å². The average molecular weight is 358 g/mol. The Labute approximate surface area is 159 Å². The van der Waals surface area contributed by atoms with E-state index in [0.29, 0.717) is 19.0 Å². The Hall–Kier alpha value is -1.94. The van der Waals surface area contributed by atoms with Gasteiger partial charge in [-0.3, -0.25) is 9.98 Å². The summed E-state index contributed by atoms with van der Waals surface area (Å²) in [5, 5.41) is 0. The predicted octanol–water partition coefficient (Wildman–Crippen LogP) is 4.86. The molecule has 0 aromatic heterocycles. The number of ether oxygens (including phenoxy) is 1. The number of unbranched alkanes of at least 4 members (excludes halogenated alkanes) is 2. The zero-order valence-corrected chi connectivity index (χ0v) is 16.9. The van der Waals surface area contributed by atoms with Gasteiger partial charge in [0.25, 0.3) is 0 Å². The fraction of sp³-hybridized carbons (Fsp3) is 0.545. The zero-order valence-electron chi connectivity index (χ0n) is 16.9. The average Bonchev–Trinajstić information content (AvgIpc) is 2.66. The van der Waals surface area contributed by atoms with Crippen LogP contribution in [0.2, 0.25) is 0 Å². The van der Waals surface area contributed by atoms with Crippen LogP contribution < -0.4 is 5.73 Å². The fourth-order valence-corrected chi connectivity index (χ4v) is 2.68. The second kappa shape index (κ2) is 13.3. The van der Waals surface area contributed by atoms with Crippen molar-refractivity contribution in [3.8, 4) is 0 Å². The molecule has 0 heterocycles. The highest BCUT2D eigenvalue weighted by molar-refractivity contribution is 5.94. The van der Waals surface area contributed by atoms with Gasteiger partial charge in [0.15, 0.2) is 0 Å². The lowest BCUT2D eigenvalue weighted by atomic mass is 10.1. The van der Waals surface area contributed by atoms with Crippen molar-refractivity contribution in [1.29, 1.82) is 0 Å². The number of hydrogen-bond donors (Lipinski definition) is 1. The Morgan fingerprint density at radius 3 is 2.50 bits per heavy atom. The minimum Gasteiger partial charge on any atom is -0.477 e. The van der Waals surface area contributed by atoms with Crippen molar-refractivity contribution < 1.29 is 4.74 Å². The summed E-state index contributed by atoms with van der Waals surface area (Å²) in [6.45, 7) is 7.56. The Bertz CT molecular complexity index is 600. The van der Waals surface area contributed by atoms with E-state index < -0.39 is 0 Å². The van der Waals surface area contributed by atoms with E-state index in [4.69, 9.17) is 10.5 Å². The Morgan fingerprint density at radius 2 is 1.92 bits per heavy atom. The molecular weight excluding hydrogens is 322 g/mol. The van der Waals surface area contributed by atoms with Crippen molar-refractivity contribution in [3.05, 3.63) is 46.7 Å². The molecule has 0 spiro atoms. The van der Waals surface area contributed by atoms with Gasteiger partial charge in [-0.15, -0.1) is 0 Å². The van der Waals surface area contributed by atoms with E-state index >= 15 is 0 Å². The van der Waals surface area contributed by atoms with Crippen LogP contribution in [0.15, 0.2) is 45.5 Å². The van der Waals surface area contributed by atoms with Crippen molar-refractivity contribution in [2.75, 3.05) is 20.2 Å². The number of nitrogens with two attached hydrogens (primary N) is 1. The monoisotopic (exact) mass is 357 g/mol. The largest absolute Gasteiger partial charge is 0.477 e. The van der Waals surface area contributed by atoms with Gasteiger partial charge in [0, 0.05) is 31.0 Å². The van der Waals surface area contributed by atoms with Crippen LogP contribution in [0.5, 0.6) is 0 Å². The second-order valence-electron chi connectivity index (χ2n) is 6.38. The summed E-state index contributed by atoms with van der Waals surface area (Å²) >= 11 is 0. The molecule has 0 amide bonds. The smallest absolute Gasteiger partial charge is 0.213 e. The number of allylic oxidation sites excluding steroid dienone is 1. The minimum atomic E-state index is 0.559. The van der Waals surface area contributed by atoms with Crippen LogP contribution in [0.3, 0.4) is 0 Å². The van der Waals surface area contributed by atoms with Gasteiger partial charge in [-0.1, -0.05) is 50.1 Å². The molecule has 1 rings (SSSR count). The first-order valence-electron chi connectivity index (χ1n) is 9.76. The number of aliphatic imine (C=N–C) groups is 2. The molecular formula is C22H35N3O. The maximum atomic E-state index is 6.01. The summed E-state index contributed by atoms with van der Waals surface area (Å²) in [5.41, 5.74) is 10.4. The number of rotatable bonds is 11. The molecule has 0 aliphatic heterocycles. The number of hydrogen-bond acceptors (Lipinski definition) is 4. The molecule has 0 fully saturated rings. The van der Waals surface area contributed by atoms with Crippen molar-refractivity contribution in [3.63, 3.8) is 0 Å². The summed E-state index contributed by atoms with van der Waals surface area (Å²) in [6.07, 6.45) is 7.78. The van der Waals surface area contributed by atoms with E-state index in [-0.39, 0.29) is 0 Å². The van der Waals surface area contributed by atoms with Gasteiger partial charge >= 0.3 is 0 Å². The van der Waals surface area contributed by atoms with E-state index in [0.717, 1.165) is 43.4 Å². The summed E-state index contributed by atoms with van der Waals surface area (Å²) < 4.78 is 6.01. The molecule has 0 saturated heterocycles. The summed E-state index contributed by atoms with van der Waals surface area (Å²) in [5.74, 6) is 0.673. The third-order valence-corrected chi connectivity index (χ3v) is 4.22. The van der Waals surface area contributed by atoms with Crippen LogP contribution in [0.4, 0.5) is 0 Å². The third kappa shape index (κ3) is 7.96. The normalized spacial score (nSPS) is 13.2. The molecule has 1 aromatic rings. The third-order valence-electron chi connectivity index (χ3n) is 4.22. The van der Waals surface area contributed by atoms with Gasteiger partial charge < -0.3 is 10.5 Å². The number of aryl methyl sites for hydroxylation is 1. The SMILES string of the molecule is CCCCC=N/C(CC)=C(/CCN)C(=NC)OCCc1ccc(C)cc1. The first kappa shape index (κ1) is 22.1. The highest BCUT2D eigenvalue weighted by atomic mass is 16.5. The highest BCUT2D eigenvalue weighted by Crippen LogP contribution is 2.17. The molecule has 0 atom stereocenters. The van der Waals surface area contributed by atoms with Gasteiger partial charge in [-0.2, -0.15) is 0 Å². The molecule has 0 aliphatic carbocycles. The quantitative estimate of drug-likeness (QED) is 0.349. The van der Waals surface area contributed by atoms with Crippen molar-refractivity contribution >= 4 is 12.1 Å². The maximum absolute atomic E-state index is 6.01. The first-order valence-corrected chi connectivity index (χ1v) is 9.76. The number of nitrogens with zero attached hydrogens (tertiary/aromatic N) is 2. The van der Waals surface area contributed by atoms with Gasteiger partial charge in [0.05, 0.1) is 6.61 Å². The maximum Gasteiger partial charge on any atom is 0.213 e. The van der Waals surface area contributed by atoms with Crippen LogP contribution in [-0.4, -0.2) is 32.3 Å². The molecule has 0 aliphatic rings. The lowest BCUT2D eigenvalue weighted by molar-refractivity contribution is 0.307. The van der Waals surface area contributed by atoms with E-state index in [2.05, 4.69) is 55.0 Å².